The van der Waals surface area contributed by atoms with E-state index in [1.54, 1.807) is 0 Å². The van der Waals surface area contributed by atoms with Crippen molar-refractivity contribution in [2.24, 2.45) is 5.92 Å². The molecule has 6 nitrogen and oxygen atoms in total. The molecule has 0 bridgehead atoms. The summed E-state index contributed by atoms with van der Waals surface area (Å²) in [4.78, 5) is 40.6. The van der Waals surface area contributed by atoms with Crippen LogP contribution in [0, 0.1) is 12.8 Å². The van der Waals surface area contributed by atoms with Gasteiger partial charge in [-0.15, -0.1) is 11.3 Å². The number of thiazole rings is 1. The average molecular weight is 429 g/mol. The number of benzene rings is 1. The van der Waals surface area contributed by atoms with Crippen LogP contribution in [-0.4, -0.2) is 40.7 Å². The van der Waals surface area contributed by atoms with E-state index in [-0.39, 0.29) is 36.9 Å². The van der Waals surface area contributed by atoms with Gasteiger partial charge in [0.1, 0.15) is 10.8 Å². The molecule has 0 spiro atoms. The first kappa shape index (κ1) is 22.3. The smallest absolute Gasteiger partial charge is 0.317 e. The summed E-state index contributed by atoms with van der Waals surface area (Å²) in [5.41, 5.74) is 3.42. The lowest BCUT2D eigenvalue weighted by molar-refractivity contribution is -0.136. The van der Waals surface area contributed by atoms with Gasteiger partial charge in [-0.05, 0) is 31.4 Å². The van der Waals surface area contributed by atoms with Crippen molar-refractivity contribution in [2.75, 3.05) is 13.1 Å². The first-order valence-electron chi connectivity index (χ1n) is 10.4. The predicted octanol–water partition coefficient (Wildman–Crippen LogP) is 3.40. The molecular weight excluding hydrogens is 400 g/mol. The Balaban J connectivity index is 1.58. The zero-order valence-corrected chi connectivity index (χ0v) is 18.1. The van der Waals surface area contributed by atoms with Crippen LogP contribution in [0.1, 0.15) is 57.9 Å². The summed E-state index contributed by atoms with van der Waals surface area (Å²) in [7, 11) is 0. The monoisotopic (exact) mass is 428 g/mol. The van der Waals surface area contributed by atoms with E-state index in [9.17, 15) is 14.4 Å². The number of ketones is 2. The van der Waals surface area contributed by atoms with Crippen LogP contribution < -0.4 is 5.32 Å². The van der Waals surface area contributed by atoms with Gasteiger partial charge in [0.05, 0.1) is 18.7 Å². The largest absolute Gasteiger partial charge is 0.480 e. The third kappa shape index (κ3) is 6.31. The van der Waals surface area contributed by atoms with Gasteiger partial charge in [-0.25, -0.2) is 4.98 Å². The molecule has 7 heteroatoms. The molecule has 2 aromatic rings. The van der Waals surface area contributed by atoms with E-state index in [0.717, 1.165) is 47.5 Å². The highest BCUT2D eigenvalue weighted by atomic mass is 32.1. The van der Waals surface area contributed by atoms with Gasteiger partial charge in [-0.3, -0.25) is 14.4 Å². The second kappa shape index (κ2) is 10.6. The Bertz CT molecular complexity index is 916. The number of aromatic nitrogens is 1. The maximum absolute atomic E-state index is 13.0. The van der Waals surface area contributed by atoms with Crippen molar-refractivity contribution in [3.05, 3.63) is 51.0 Å². The summed E-state index contributed by atoms with van der Waals surface area (Å²) in [6.07, 6.45) is 5.22. The second-order valence-corrected chi connectivity index (χ2v) is 8.89. The van der Waals surface area contributed by atoms with Crippen molar-refractivity contribution in [3.63, 3.8) is 0 Å². The molecule has 0 unspecified atom stereocenters. The minimum Gasteiger partial charge on any atom is -0.480 e. The van der Waals surface area contributed by atoms with E-state index in [1.165, 1.54) is 11.3 Å². The van der Waals surface area contributed by atoms with Crippen molar-refractivity contribution >= 4 is 28.9 Å². The number of Topliss-reactive ketones (excluding diaryl/α,β-unsaturated/α-hetero) is 2. The number of carboxylic acid groups (broad SMARTS) is 1. The van der Waals surface area contributed by atoms with E-state index in [4.69, 9.17) is 5.11 Å². The third-order valence-electron chi connectivity index (χ3n) is 5.43. The van der Waals surface area contributed by atoms with Gasteiger partial charge in [0.25, 0.3) is 0 Å². The molecule has 2 N–H and O–H groups in total. The zero-order chi connectivity index (χ0) is 21.5. The van der Waals surface area contributed by atoms with Gasteiger partial charge < -0.3 is 10.4 Å². The quantitative estimate of drug-likeness (QED) is 0.421. The van der Waals surface area contributed by atoms with Gasteiger partial charge >= 0.3 is 5.97 Å². The SMILES string of the molecule is Cc1ccc(CC(=O)Cc2nc(CCNCC(=O)O)cs2)c(C(=O)C2CCCC2)c1. The summed E-state index contributed by atoms with van der Waals surface area (Å²) in [5, 5.41) is 14.1. The number of rotatable bonds is 11. The van der Waals surface area contributed by atoms with Crippen LogP contribution in [0.2, 0.25) is 0 Å². The lowest BCUT2D eigenvalue weighted by atomic mass is 9.90. The normalized spacial score (nSPS) is 14.2. The molecule has 1 saturated carbocycles. The Morgan fingerprint density at radius 3 is 2.70 bits per heavy atom. The Hall–Kier alpha value is -2.38. The molecule has 0 radical (unpaired) electrons. The van der Waals surface area contributed by atoms with Crippen molar-refractivity contribution < 1.29 is 19.5 Å². The van der Waals surface area contributed by atoms with Gasteiger partial charge in [0.15, 0.2) is 5.78 Å². The van der Waals surface area contributed by atoms with E-state index in [0.29, 0.717) is 18.5 Å². The molecule has 30 heavy (non-hydrogen) atoms. The zero-order valence-electron chi connectivity index (χ0n) is 17.3. The number of carbonyl (C=O) groups excluding carboxylic acids is 2. The molecule has 1 aliphatic rings. The van der Waals surface area contributed by atoms with E-state index in [2.05, 4.69) is 10.3 Å². The van der Waals surface area contributed by atoms with E-state index in [1.807, 2.05) is 30.5 Å². The molecule has 0 aliphatic heterocycles. The molecule has 0 saturated heterocycles. The van der Waals surface area contributed by atoms with Crippen LogP contribution in [-0.2, 0) is 28.9 Å². The summed E-state index contributed by atoms with van der Waals surface area (Å²) in [5.74, 6) is -0.563. The van der Waals surface area contributed by atoms with Crippen molar-refractivity contribution in [1.82, 2.24) is 10.3 Å². The molecular formula is C23H28N2O4S. The van der Waals surface area contributed by atoms with Crippen LogP contribution in [0.15, 0.2) is 23.6 Å². The van der Waals surface area contributed by atoms with Gasteiger partial charge in [-0.2, -0.15) is 0 Å². The number of nitrogens with one attached hydrogen (secondary N) is 1. The highest BCUT2D eigenvalue weighted by Crippen LogP contribution is 2.29. The number of aliphatic carboxylic acids is 1. The number of aryl methyl sites for hydroxylation is 1. The number of nitrogens with zero attached hydrogens (tertiary/aromatic N) is 1. The van der Waals surface area contributed by atoms with Crippen molar-refractivity contribution in [2.45, 2.75) is 51.9 Å². The number of hydrogen-bond acceptors (Lipinski definition) is 6. The van der Waals surface area contributed by atoms with Crippen molar-refractivity contribution in [3.8, 4) is 0 Å². The highest BCUT2D eigenvalue weighted by molar-refractivity contribution is 7.09. The molecule has 1 aromatic carbocycles. The minimum absolute atomic E-state index is 0.0456. The van der Waals surface area contributed by atoms with Gasteiger partial charge in [-0.1, -0.05) is 30.5 Å². The summed E-state index contributed by atoms with van der Waals surface area (Å²) >= 11 is 1.44. The Morgan fingerprint density at radius 1 is 1.20 bits per heavy atom. The third-order valence-corrected chi connectivity index (χ3v) is 6.32. The molecule has 1 fully saturated rings. The predicted molar refractivity (Wildman–Crippen MR) is 116 cm³/mol. The number of hydrogen-bond donors (Lipinski definition) is 2. The highest BCUT2D eigenvalue weighted by Gasteiger charge is 2.26. The lowest BCUT2D eigenvalue weighted by Gasteiger charge is -2.13. The molecule has 160 valence electrons. The van der Waals surface area contributed by atoms with Crippen LogP contribution in [0.25, 0.3) is 0 Å². The number of carboxylic acids is 1. The summed E-state index contributed by atoms with van der Waals surface area (Å²) in [6.45, 7) is 2.42. The molecule has 1 aliphatic carbocycles. The fraction of sp³-hybridized carbons (Fsp3) is 0.478. The van der Waals surface area contributed by atoms with Gasteiger partial charge in [0.2, 0.25) is 0 Å². The first-order chi connectivity index (χ1) is 14.4. The van der Waals surface area contributed by atoms with Crippen LogP contribution in [0.3, 0.4) is 0 Å². The molecule has 1 aromatic heterocycles. The fourth-order valence-corrected chi connectivity index (χ4v) is 4.74. The van der Waals surface area contributed by atoms with E-state index >= 15 is 0 Å². The lowest BCUT2D eigenvalue weighted by Crippen LogP contribution is -2.24. The van der Waals surface area contributed by atoms with Crippen LogP contribution >= 0.6 is 11.3 Å². The fourth-order valence-electron chi connectivity index (χ4n) is 3.88. The second-order valence-electron chi connectivity index (χ2n) is 7.95. The maximum atomic E-state index is 13.0. The Morgan fingerprint density at radius 2 is 1.97 bits per heavy atom. The van der Waals surface area contributed by atoms with Crippen LogP contribution in [0.4, 0.5) is 0 Å². The van der Waals surface area contributed by atoms with Gasteiger partial charge in [0, 0.05) is 36.2 Å². The molecule has 3 rings (SSSR count). The summed E-state index contributed by atoms with van der Waals surface area (Å²) < 4.78 is 0. The molecule has 1 heterocycles. The molecule has 0 amide bonds. The minimum atomic E-state index is -0.888. The molecule has 0 atom stereocenters. The number of carbonyl (C=O) groups is 3. The average Bonchev–Trinajstić information content (AvgIpc) is 3.38. The first-order valence-corrected chi connectivity index (χ1v) is 11.3. The maximum Gasteiger partial charge on any atom is 0.317 e. The van der Waals surface area contributed by atoms with E-state index < -0.39 is 5.97 Å². The Labute approximate surface area is 180 Å². The topological polar surface area (TPSA) is 96.4 Å². The van der Waals surface area contributed by atoms with Crippen molar-refractivity contribution in [1.29, 1.82) is 0 Å². The summed E-state index contributed by atoms with van der Waals surface area (Å²) in [6, 6.07) is 5.80. The Kier molecular flexibility index (Phi) is 7.87. The standard InChI is InChI=1S/C23H28N2O4S/c1-15-6-7-17(20(10-15)23(29)16-4-2-3-5-16)11-19(26)12-21-25-18(14-30-21)8-9-24-13-22(27)28/h6-7,10,14,16,24H,2-5,8-9,11-13H2,1H3,(H,27,28). The van der Waals surface area contributed by atoms with Crippen LogP contribution in [0.5, 0.6) is 0 Å².